The molecule has 132 heavy (non-hydrogen) atoms. The zero-order valence-corrected chi connectivity index (χ0v) is 80.8. The smallest absolute Gasteiger partial charge is 0.312 e. The first-order valence-electron chi connectivity index (χ1n) is 51.7. The molecule has 28 nitrogen and oxygen atoms in total. The standard InChI is InChI=1S/C23H32O6.C21H30O6.4C15H22O4/c1-4-11(3)20(24)27-18-15-9-14-16(21(25)28-19(14)18)17(15)22(26)29-23(5-2)10-12-6-7-13(23)8-12;1-4-11(2)18(22)25-16-13-10-12-14(19(23)26-17(12)16)15(13)20(24)27-21(3)8-6-5-7-9-21;1-3-9(2)14(17)19-12-5-11-4-10(12)6-15(11)7-13(16)18-8-15;1-3-9(2)14(17)19-12-5-10-4-11(12)15(6-10)7-13(16)18-8-15;1-3-9(2)13(16)19-12-7-11-6-10(12)8-15(11)4-5-18-14(15)17;1-3-9(2)13(16)19-12-7-10-6-11(12)15(8-10)4-5-18-14(15)17/h11-19H,4-10H2,1-3H3;11-17H,4-10H2,1-3H3;4*9-12H,3-8H2,1-2H3. The number of esters is 14. The van der Waals surface area contributed by atoms with E-state index in [9.17, 15) is 67.1 Å². The van der Waals surface area contributed by atoms with E-state index in [2.05, 4.69) is 6.92 Å². The summed E-state index contributed by atoms with van der Waals surface area (Å²) in [6, 6.07) is 0. The fourth-order valence-corrected chi connectivity index (χ4v) is 29.3. The lowest BCUT2D eigenvalue weighted by Crippen LogP contribution is -2.47. The van der Waals surface area contributed by atoms with Crippen molar-refractivity contribution in [2.75, 3.05) is 26.4 Å². The highest BCUT2D eigenvalue weighted by Crippen LogP contribution is 2.67. The summed E-state index contributed by atoms with van der Waals surface area (Å²) in [6.45, 7) is 29.5. The van der Waals surface area contributed by atoms with E-state index in [4.69, 9.17) is 66.3 Å². The lowest BCUT2D eigenvalue weighted by molar-refractivity contribution is -0.181. The molecule has 21 aliphatic rings. The SMILES string of the molecule is CCC(C)C(=O)OC1C2CC3C1OC(=O)C3C2C(=O)OC1(C)CCCCC1.CCC(C)C(=O)OC1C2CC3C1OC(=O)C3C2C(=O)OC1(CC)CC2CCC1C2.CCC(C)C(=O)OC1CC2CC1C1(CCOC1=O)C2.CCC(C)C(=O)OC1CC2CC1C1(COC(=O)C1)C2.CCC(C)C(=O)OC1CC2CC1CC21CCOC1=O.CCC(C)C(=O)OC1CC2CC1CC21COC(=O)C1. The monoisotopic (exact) mass is 1850 g/mol. The van der Waals surface area contributed by atoms with Gasteiger partial charge in [-0.1, -0.05) is 96.4 Å². The van der Waals surface area contributed by atoms with Crippen molar-refractivity contribution in [3.8, 4) is 0 Å². The molecular formula is C104H150O28. The second-order valence-corrected chi connectivity index (χ2v) is 45.5. The van der Waals surface area contributed by atoms with Crippen molar-refractivity contribution in [3.05, 3.63) is 0 Å². The van der Waals surface area contributed by atoms with Crippen molar-refractivity contribution < 1.29 is 133 Å². The number of hydrogen-bond donors (Lipinski definition) is 0. The zero-order chi connectivity index (χ0) is 94.3. The number of carbonyl (C=O) groups excluding carboxylic acids is 14. The van der Waals surface area contributed by atoms with E-state index >= 15 is 0 Å². The number of ether oxygens (including phenoxy) is 14. The zero-order valence-electron chi connectivity index (χ0n) is 80.8. The molecule has 15 saturated carbocycles. The summed E-state index contributed by atoms with van der Waals surface area (Å²) in [7, 11) is 0. The minimum atomic E-state index is -0.547. The predicted octanol–water partition coefficient (Wildman–Crippen LogP) is 15.5. The van der Waals surface area contributed by atoms with E-state index in [0.717, 1.165) is 167 Å². The third-order valence-electron chi connectivity index (χ3n) is 38.0. The summed E-state index contributed by atoms with van der Waals surface area (Å²) < 4.78 is 78.3. The molecule has 28 heteroatoms. The van der Waals surface area contributed by atoms with Crippen LogP contribution in [0.15, 0.2) is 0 Å². The Hall–Kier alpha value is -7.42. The van der Waals surface area contributed by atoms with Crippen LogP contribution in [0.3, 0.4) is 0 Å². The van der Waals surface area contributed by atoms with Crippen molar-refractivity contribution in [3.63, 3.8) is 0 Å². The minimum Gasteiger partial charge on any atom is -0.465 e. The van der Waals surface area contributed by atoms with Gasteiger partial charge in [0.15, 0.2) is 0 Å². The van der Waals surface area contributed by atoms with Crippen molar-refractivity contribution in [1.29, 1.82) is 0 Å². The van der Waals surface area contributed by atoms with Gasteiger partial charge in [-0.15, -0.1) is 0 Å². The number of cyclic esters (lactones) is 4. The van der Waals surface area contributed by atoms with Gasteiger partial charge in [0.1, 0.15) is 60.0 Å². The van der Waals surface area contributed by atoms with Crippen LogP contribution in [0.2, 0.25) is 0 Å². The number of hydrogen-bond acceptors (Lipinski definition) is 28. The maximum atomic E-state index is 13.4. The van der Waals surface area contributed by atoms with E-state index < -0.39 is 53.7 Å². The molecule has 37 atom stereocenters. The minimum absolute atomic E-state index is 0.00768. The highest BCUT2D eigenvalue weighted by molar-refractivity contribution is 5.88. The van der Waals surface area contributed by atoms with Gasteiger partial charge in [-0.2, -0.15) is 0 Å². The average Bonchev–Trinajstić information content (AvgIpc) is 1.54. The largest absolute Gasteiger partial charge is 0.465 e. The predicted molar refractivity (Wildman–Crippen MR) is 470 cm³/mol. The summed E-state index contributed by atoms with van der Waals surface area (Å²) in [4.78, 5) is 171. The van der Waals surface area contributed by atoms with Gasteiger partial charge in [-0.05, 0) is 253 Å². The maximum Gasteiger partial charge on any atom is 0.312 e. The van der Waals surface area contributed by atoms with Gasteiger partial charge in [0, 0.05) is 46.3 Å². The molecule has 15 aliphatic carbocycles. The fraction of sp³-hybridized carbons (Fsp3) is 0.865. The summed E-state index contributed by atoms with van der Waals surface area (Å²) >= 11 is 0. The molecule has 0 aromatic heterocycles. The topological polar surface area (TPSA) is 368 Å². The maximum absolute atomic E-state index is 13.4. The van der Waals surface area contributed by atoms with Crippen LogP contribution in [0, 0.1) is 164 Å². The molecule has 37 unspecified atom stereocenters. The van der Waals surface area contributed by atoms with Gasteiger partial charge in [0.25, 0.3) is 0 Å². The Kier molecular flexibility index (Phi) is 28.8. The summed E-state index contributed by atoms with van der Waals surface area (Å²) in [6.07, 6.45) is 29.1. The molecule has 0 amide bonds. The molecule has 6 aliphatic heterocycles. The molecule has 734 valence electrons. The Morgan fingerprint density at radius 1 is 0.379 bits per heavy atom. The Bertz CT molecular complexity index is 4360. The average molecular weight is 1850 g/mol. The molecule has 0 aromatic carbocycles. The molecular weight excluding hydrogens is 1700 g/mol. The van der Waals surface area contributed by atoms with E-state index in [1.807, 2.05) is 90.0 Å². The molecule has 0 radical (unpaired) electrons. The first-order valence-corrected chi connectivity index (χ1v) is 51.7. The number of fused-ring (bicyclic) bond motifs is 16. The van der Waals surface area contributed by atoms with E-state index in [1.165, 1.54) is 12.8 Å². The number of rotatable bonds is 23. The first-order chi connectivity index (χ1) is 62.9. The van der Waals surface area contributed by atoms with Gasteiger partial charge in [0.2, 0.25) is 0 Å². The van der Waals surface area contributed by atoms with Crippen LogP contribution in [0.1, 0.15) is 315 Å². The van der Waals surface area contributed by atoms with Crippen LogP contribution in [0.4, 0.5) is 0 Å². The van der Waals surface area contributed by atoms with E-state index in [-0.39, 0.29) is 200 Å². The van der Waals surface area contributed by atoms with Crippen LogP contribution >= 0.6 is 0 Å². The van der Waals surface area contributed by atoms with Gasteiger partial charge >= 0.3 is 83.6 Å². The van der Waals surface area contributed by atoms with Gasteiger partial charge in [0.05, 0.1) is 109 Å². The second-order valence-electron chi connectivity index (χ2n) is 45.5. The molecule has 21 fully saturated rings. The van der Waals surface area contributed by atoms with Crippen LogP contribution in [0.5, 0.6) is 0 Å². The molecule has 6 heterocycles. The Labute approximate surface area is 778 Å². The molecule has 6 saturated heterocycles. The summed E-state index contributed by atoms with van der Waals surface area (Å²) in [5, 5.41) is 0. The third-order valence-corrected chi connectivity index (χ3v) is 38.0. The van der Waals surface area contributed by atoms with Crippen molar-refractivity contribution >= 4 is 83.6 Å². The third kappa shape index (κ3) is 18.2. The Balaban J connectivity index is 0.000000117. The molecule has 0 N–H and O–H groups in total. The number of carbonyl (C=O) groups is 14. The van der Waals surface area contributed by atoms with E-state index in [1.54, 1.807) is 0 Å². The summed E-state index contributed by atoms with van der Waals surface area (Å²) in [5.41, 5.74) is -1.33. The van der Waals surface area contributed by atoms with E-state index in [0.29, 0.717) is 118 Å². The highest BCUT2D eigenvalue weighted by atomic mass is 16.6. The molecule has 4 spiro atoms. The van der Waals surface area contributed by atoms with Crippen LogP contribution < -0.4 is 0 Å². The quantitative estimate of drug-likeness (QED) is 0.0677. The van der Waals surface area contributed by atoms with Crippen LogP contribution in [-0.2, 0) is 133 Å². The van der Waals surface area contributed by atoms with Crippen LogP contribution in [0.25, 0.3) is 0 Å². The van der Waals surface area contributed by atoms with Crippen molar-refractivity contribution in [1.82, 2.24) is 0 Å². The van der Waals surface area contributed by atoms with Gasteiger partial charge < -0.3 is 66.3 Å². The molecule has 14 bridgehead atoms. The van der Waals surface area contributed by atoms with Gasteiger partial charge in [-0.25, -0.2) is 0 Å². The normalized spacial score (nSPS) is 42.5. The Morgan fingerprint density at radius 2 is 0.811 bits per heavy atom. The first kappa shape index (κ1) is 97.7. The highest BCUT2D eigenvalue weighted by Gasteiger charge is 2.74. The Morgan fingerprint density at radius 3 is 1.21 bits per heavy atom. The molecule has 0 aromatic rings. The fourth-order valence-electron chi connectivity index (χ4n) is 29.3. The van der Waals surface area contributed by atoms with Crippen molar-refractivity contribution in [2.24, 2.45) is 164 Å². The summed E-state index contributed by atoms with van der Waals surface area (Å²) in [5.74, 6) is -0.734. The lowest BCUT2D eigenvalue weighted by atomic mass is 9.71. The lowest BCUT2D eigenvalue weighted by Gasteiger charge is -2.39. The van der Waals surface area contributed by atoms with Crippen LogP contribution in [-0.4, -0.2) is 170 Å². The van der Waals surface area contributed by atoms with Gasteiger partial charge in [-0.3, -0.25) is 67.1 Å². The van der Waals surface area contributed by atoms with Crippen molar-refractivity contribution in [2.45, 2.75) is 375 Å². The molecule has 21 rings (SSSR count). The second kappa shape index (κ2) is 38.9.